The average Bonchev–Trinajstić information content (AvgIpc) is 2.73. The van der Waals surface area contributed by atoms with Gasteiger partial charge in [0.1, 0.15) is 18.2 Å². The van der Waals surface area contributed by atoms with Crippen LogP contribution in [-0.4, -0.2) is 34.5 Å². The van der Waals surface area contributed by atoms with Gasteiger partial charge < -0.3 is 14.2 Å². The van der Waals surface area contributed by atoms with Gasteiger partial charge in [-0.15, -0.1) is 0 Å². The molecule has 0 amide bonds. The van der Waals surface area contributed by atoms with Gasteiger partial charge in [-0.2, -0.15) is 0 Å². The summed E-state index contributed by atoms with van der Waals surface area (Å²) in [6, 6.07) is 13.0. The van der Waals surface area contributed by atoms with Crippen molar-refractivity contribution in [3.8, 4) is 11.4 Å². The molecule has 31 heavy (non-hydrogen) atoms. The third-order valence-corrected chi connectivity index (χ3v) is 5.34. The quantitative estimate of drug-likeness (QED) is 0.581. The van der Waals surface area contributed by atoms with E-state index in [1.807, 2.05) is 56.3 Å². The van der Waals surface area contributed by atoms with Gasteiger partial charge in [-0.3, -0.25) is 14.2 Å². The number of esters is 1. The lowest BCUT2D eigenvalue weighted by Gasteiger charge is -2.29. The maximum absolute atomic E-state index is 13.0. The molecule has 1 aliphatic rings. The van der Waals surface area contributed by atoms with Gasteiger partial charge in [-0.25, -0.2) is 4.98 Å². The minimum atomic E-state index is -0.393. The number of ether oxygens (including phenoxy) is 3. The molecular formula is C24H26N2O5. The topological polar surface area (TPSA) is 79.7 Å². The van der Waals surface area contributed by atoms with Crippen molar-refractivity contribution in [3.05, 3.63) is 64.2 Å². The highest BCUT2D eigenvalue weighted by molar-refractivity contribution is 5.78. The van der Waals surface area contributed by atoms with Crippen LogP contribution in [0.2, 0.25) is 0 Å². The molecule has 1 aromatic heterocycles. The third kappa shape index (κ3) is 4.77. The van der Waals surface area contributed by atoms with Crippen molar-refractivity contribution in [2.75, 3.05) is 6.61 Å². The lowest BCUT2D eigenvalue weighted by atomic mass is 10.1. The summed E-state index contributed by atoms with van der Waals surface area (Å²) in [5.74, 6) is 0.962. The first-order chi connectivity index (χ1) is 14.9. The standard InChI is InChI=1S/C24H26N2O5/c1-15-7-12-21-22(13-15)25-16(2)26(24(21)28)18-8-10-19(11-9-18)30-23-6-4-5-20(31-23)14-29-17(3)27/h7-13,20,23H,4-6,14H2,1-3H3/t20-,23+/m0/s1. The van der Waals surface area contributed by atoms with Crippen LogP contribution in [0.3, 0.4) is 0 Å². The van der Waals surface area contributed by atoms with Crippen LogP contribution in [0.1, 0.15) is 37.6 Å². The second kappa shape index (κ2) is 8.89. The highest BCUT2D eigenvalue weighted by Crippen LogP contribution is 2.24. The zero-order valence-corrected chi connectivity index (χ0v) is 18.0. The lowest BCUT2D eigenvalue weighted by molar-refractivity contribution is -0.172. The fourth-order valence-corrected chi connectivity index (χ4v) is 3.82. The third-order valence-electron chi connectivity index (χ3n) is 5.34. The number of hydrogen-bond donors (Lipinski definition) is 0. The number of aryl methyl sites for hydroxylation is 2. The normalized spacial score (nSPS) is 18.7. The Morgan fingerprint density at radius 2 is 1.94 bits per heavy atom. The maximum Gasteiger partial charge on any atom is 0.302 e. The predicted octanol–water partition coefficient (Wildman–Crippen LogP) is 3.84. The van der Waals surface area contributed by atoms with Crippen molar-refractivity contribution < 1.29 is 19.0 Å². The maximum atomic E-state index is 13.0. The highest BCUT2D eigenvalue weighted by Gasteiger charge is 2.24. The van der Waals surface area contributed by atoms with E-state index in [-0.39, 0.29) is 24.2 Å². The lowest BCUT2D eigenvalue weighted by Crippen LogP contribution is -2.34. The van der Waals surface area contributed by atoms with Crippen LogP contribution in [0.25, 0.3) is 16.6 Å². The van der Waals surface area contributed by atoms with E-state index < -0.39 is 6.29 Å². The molecule has 2 atom stereocenters. The summed E-state index contributed by atoms with van der Waals surface area (Å²) in [5.41, 5.74) is 2.40. The van der Waals surface area contributed by atoms with Crippen molar-refractivity contribution >= 4 is 16.9 Å². The molecule has 0 saturated carbocycles. The Morgan fingerprint density at radius 3 is 2.68 bits per heavy atom. The predicted molar refractivity (Wildman–Crippen MR) is 117 cm³/mol. The summed E-state index contributed by atoms with van der Waals surface area (Å²) < 4.78 is 18.5. The first kappa shape index (κ1) is 21.1. The molecule has 1 fully saturated rings. The number of aromatic nitrogens is 2. The van der Waals surface area contributed by atoms with E-state index >= 15 is 0 Å². The number of carbonyl (C=O) groups excluding carboxylic acids is 1. The van der Waals surface area contributed by atoms with Crippen LogP contribution in [0.4, 0.5) is 0 Å². The van der Waals surface area contributed by atoms with Crippen molar-refractivity contribution in [1.82, 2.24) is 9.55 Å². The minimum absolute atomic E-state index is 0.0971. The average molecular weight is 422 g/mol. The number of benzene rings is 2. The first-order valence-electron chi connectivity index (χ1n) is 10.5. The van der Waals surface area contributed by atoms with Crippen molar-refractivity contribution in [1.29, 1.82) is 0 Å². The van der Waals surface area contributed by atoms with Gasteiger partial charge in [0.05, 0.1) is 22.7 Å². The van der Waals surface area contributed by atoms with Crippen LogP contribution < -0.4 is 10.3 Å². The molecule has 1 aliphatic heterocycles. The summed E-state index contributed by atoms with van der Waals surface area (Å²) in [7, 11) is 0. The largest absolute Gasteiger partial charge is 0.465 e. The van der Waals surface area contributed by atoms with Gasteiger partial charge in [0.15, 0.2) is 6.29 Å². The van der Waals surface area contributed by atoms with Crippen LogP contribution in [0.15, 0.2) is 47.3 Å². The Kier molecular flexibility index (Phi) is 6.04. The molecule has 0 unspecified atom stereocenters. The molecule has 4 rings (SSSR count). The second-order valence-corrected chi connectivity index (χ2v) is 7.85. The van der Waals surface area contributed by atoms with Gasteiger partial charge in [0.2, 0.25) is 0 Å². The molecule has 0 radical (unpaired) electrons. The van der Waals surface area contributed by atoms with E-state index in [4.69, 9.17) is 14.2 Å². The van der Waals surface area contributed by atoms with Gasteiger partial charge in [-0.1, -0.05) is 6.07 Å². The molecule has 0 N–H and O–H groups in total. The highest BCUT2D eigenvalue weighted by atomic mass is 16.7. The molecular weight excluding hydrogens is 396 g/mol. The van der Waals surface area contributed by atoms with Crippen LogP contribution >= 0.6 is 0 Å². The Bertz CT molecular complexity index is 1150. The Labute approximate surface area is 180 Å². The number of rotatable bonds is 5. The summed E-state index contributed by atoms with van der Waals surface area (Å²) >= 11 is 0. The molecule has 7 nitrogen and oxygen atoms in total. The number of fused-ring (bicyclic) bond motifs is 1. The second-order valence-electron chi connectivity index (χ2n) is 7.85. The molecule has 0 spiro atoms. The zero-order valence-electron chi connectivity index (χ0n) is 18.0. The molecule has 0 aliphatic carbocycles. The summed E-state index contributed by atoms with van der Waals surface area (Å²) in [6.45, 7) is 5.43. The van der Waals surface area contributed by atoms with E-state index in [1.165, 1.54) is 6.92 Å². The molecule has 162 valence electrons. The zero-order chi connectivity index (χ0) is 22.0. The Morgan fingerprint density at radius 1 is 1.16 bits per heavy atom. The fourth-order valence-electron chi connectivity index (χ4n) is 3.82. The summed E-state index contributed by atoms with van der Waals surface area (Å²) in [5, 5.41) is 0.589. The van der Waals surface area contributed by atoms with Crippen LogP contribution in [0, 0.1) is 13.8 Å². The Hall–Kier alpha value is -3.19. The molecule has 0 bridgehead atoms. The summed E-state index contributed by atoms with van der Waals surface area (Å²) in [6.07, 6.45) is 1.99. The van der Waals surface area contributed by atoms with Gasteiger partial charge in [0, 0.05) is 13.3 Å². The van der Waals surface area contributed by atoms with E-state index in [0.717, 1.165) is 30.5 Å². The van der Waals surface area contributed by atoms with E-state index in [2.05, 4.69) is 4.98 Å². The minimum Gasteiger partial charge on any atom is -0.465 e. The molecule has 2 aromatic carbocycles. The van der Waals surface area contributed by atoms with Crippen LogP contribution in [-0.2, 0) is 14.3 Å². The van der Waals surface area contributed by atoms with Crippen molar-refractivity contribution in [2.24, 2.45) is 0 Å². The van der Waals surface area contributed by atoms with E-state index in [1.54, 1.807) is 4.57 Å². The van der Waals surface area contributed by atoms with Crippen LogP contribution in [0.5, 0.6) is 5.75 Å². The first-order valence-corrected chi connectivity index (χ1v) is 10.5. The Balaban J connectivity index is 1.50. The monoisotopic (exact) mass is 422 g/mol. The van der Waals surface area contributed by atoms with Crippen molar-refractivity contribution in [3.63, 3.8) is 0 Å². The number of nitrogens with zero attached hydrogens (tertiary/aromatic N) is 2. The molecule has 3 aromatic rings. The molecule has 2 heterocycles. The molecule has 1 saturated heterocycles. The van der Waals surface area contributed by atoms with Gasteiger partial charge >= 0.3 is 5.97 Å². The molecule has 7 heteroatoms. The van der Waals surface area contributed by atoms with E-state index in [0.29, 0.717) is 22.5 Å². The van der Waals surface area contributed by atoms with E-state index in [9.17, 15) is 9.59 Å². The smallest absolute Gasteiger partial charge is 0.302 e. The fraction of sp³-hybridized carbons (Fsp3) is 0.375. The number of hydrogen-bond acceptors (Lipinski definition) is 6. The number of carbonyl (C=O) groups is 1. The van der Waals surface area contributed by atoms with Gasteiger partial charge in [-0.05, 0) is 68.7 Å². The van der Waals surface area contributed by atoms with Gasteiger partial charge in [0.25, 0.3) is 5.56 Å². The summed E-state index contributed by atoms with van der Waals surface area (Å²) in [4.78, 5) is 28.7. The van der Waals surface area contributed by atoms with Crippen molar-refractivity contribution in [2.45, 2.75) is 52.4 Å². The SMILES string of the molecule is CC(=O)OC[C@@H]1CCC[C@H](Oc2ccc(-n3c(C)nc4cc(C)ccc4c3=O)cc2)O1.